The van der Waals surface area contributed by atoms with Crippen LogP contribution >= 0.6 is 11.8 Å². The zero-order chi connectivity index (χ0) is 13.9. The molecule has 112 valence electrons. The molecule has 2 fully saturated rings. The van der Waals surface area contributed by atoms with Crippen molar-refractivity contribution in [2.45, 2.75) is 58.2 Å². The summed E-state index contributed by atoms with van der Waals surface area (Å²) in [4.78, 5) is 2.74. The van der Waals surface area contributed by atoms with Crippen molar-refractivity contribution in [1.82, 2.24) is 10.2 Å². The van der Waals surface area contributed by atoms with E-state index >= 15 is 0 Å². The smallest absolute Gasteiger partial charge is 0.0172 e. The van der Waals surface area contributed by atoms with Crippen LogP contribution in [0.25, 0.3) is 0 Å². The second-order valence-corrected chi connectivity index (χ2v) is 8.39. The molecule has 0 aromatic rings. The van der Waals surface area contributed by atoms with Crippen LogP contribution in [0, 0.1) is 11.3 Å². The minimum absolute atomic E-state index is 0.482. The van der Waals surface area contributed by atoms with Crippen LogP contribution in [0.5, 0.6) is 0 Å². The van der Waals surface area contributed by atoms with Gasteiger partial charge >= 0.3 is 0 Å². The number of hydrogen-bond donors (Lipinski definition) is 1. The van der Waals surface area contributed by atoms with Crippen LogP contribution in [0.2, 0.25) is 0 Å². The monoisotopic (exact) mass is 284 g/mol. The second kappa shape index (κ2) is 6.82. The van der Waals surface area contributed by atoms with E-state index in [2.05, 4.69) is 49.7 Å². The Labute approximate surface area is 124 Å². The van der Waals surface area contributed by atoms with Crippen LogP contribution in [-0.2, 0) is 0 Å². The SMILES string of the molecule is CCNC1C(CN2CCSC(CC)C2)CCC1(C)C. The van der Waals surface area contributed by atoms with Crippen LogP contribution in [0.3, 0.4) is 0 Å². The first-order chi connectivity index (χ1) is 9.06. The molecule has 1 aliphatic carbocycles. The fraction of sp³-hybridized carbons (Fsp3) is 1.00. The average molecular weight is 285 g/mol. The third kappa shape index (κ3) is 3.89. The van der Waals surface area contributed by atoms with Crippen molar-refractivity contribution in [3.05, 3.63) is 0 Å². The lowest BCUT2D eigenvalue weighted by Crippen LogP contribution is -2.48. The molecule has 0 aromatic carbocycles. The first kappa shape index (κ1) is 15.7. The van der Waals surface area contributed by atoms with Gasteiger partial charge in [0.2, 0.25) is 0 Å². The van der Waals surface area contributed by atoms with Crippen LogP contribution in [-0.4, -0.2) is 48.1 Å². The van der Waals surface area contributed by atoms with E-state index in [1.165, 1.54) is 44.6 Å². The first-order valence-electron chi connectivity index (χ1n) is 8.14. The molecule has 0 aromatic heterocycles. The Morgan fingerprint density at radius 2 is 2.11 bits per heavy atom. The number of nitrogens with one attached hydrogen (secondary N) is 1. The summed E-state index contributed by atoms with van der Waals surface area (Å²) in [5.41, 5.74) is 0.482. The van der Waals surface area contributed by atoms with E-state index < -0.39 is 0 Å². The zero-order valence-electron chi connectivity index (χ0n) is 13.2. The van der Waals surface area contributed by atoms with E-state index in [0.29, 0.717) is 11.5 Å². The van der Waals surface area contributed by atoms with Crippen molar-refractivity contribution in [3.63, 3.8) is 0 Å². The predicted octanol–water partition coefficient (Wildman–Crippen LogP) is 3.23. The van der Waals surface area contributed by atoms with Crippen molar-refractivity contribution < 1.29 is 0 Å². The minimum Gasteiger partial charge on any atom is -0.313 e. The Kier molecular flexibility index (Phi) is 5.62. The number of hydrogen-bond acceptors (Lipinski definition) is 3. The number of rotatable bonds is 5. The Morgan fingerprint density at radius 3 is 2.79 bits per heavy atom. The largest absolute Gasteiger partial charge is 0.313 e. The van der Waals surface area contributed by atoms with Crippen molar-refractivity contribution in [3.8, 4) is 0 Å². The van der Waals surface area contributed by atoms with E-state index in [1.54, 1.807) is 0 Å². The third-order valence-electron chi connectivity index (χ3n) is 5.07. The van der Waals surface area contributed by atoms with E-state index in [1.807, 2.05) is 0 Å². The van der Waals surface area contributed by atoms with Gasteiger partial charge in [0.25, 0.3) is 0 Å². The Hall–Kier alpha value is 0.270. The molecule has 3 atom stereocenters. The van der Waals surface area contributed by atoms with Crippen molar-refractivity contribution in [1.29, 1.82) is 0 Å². The molecule has 0 bridgehead atoms. The fourth-order valence-corrected chi connectivity index (χ4v) is 5.15. The van der Waals surface area contributed by atoms with E-state index in [4.69, 9.17) is 0 Å². The predicted molar refractivity (Wildman–Crippen MR) is 86.9 cm³/mol. The van der Waals surface area contributed by atoms with Gasteiger partial charge in [0.1, 0.15) is 0 Å². The highest BCUT2D eigenvalue weighted by Crippen LogP contribution is 2.41. The van der Waals surface area contributed by atoms with Gasteiger partial charge in [-0.05, 0) is 37.1 Å². The van der Waals surface area contributed by atoms with Crippen LogP contribution in [0.15, 0.2) is 0 Å². The molecule has 1 N–H and O–H groups in total. The van der Waals surface area contributed by atoms with Gasteiger partial charge in [0.15, 0.2) is 0 Å². The molecule has 2 nitrogen and oxygen atoms in total. The van der Waals surface area contributed by atoms with Crippen LogP contribution < -0.4 is 5.32 Å². The Morgan fingerprint density at radius 1 is 1.32 bits per heavy atom. The summed E-state index contributed by atoms with van der Waals surface area (Å²) < 4.78 is 0. The summed E-state index contributed by atoms with van der Waals surface area (Å²) in [7, 11) is 0. The molecule has 1 saturated heterocycles. The Balaban J connectivity index is 1.90. The molecule has 1 heterocycles. The lowest BCUT2D eigenvalue weighted by Gasteiger charge is -2.37. The maximum absolute atomic E-state index is 3.77. The first-order valence-corrected chi connectivity index (χ1v) is 9.19. The third-order valence-corrected chi connectivity index (χ3v) is 6.44. The maximum Gasteiger partial charge on any atom is 0.0172 e. The summed E-state index contributed by atoms with van der Waals surface area (Å²) in [6.07, 6.45) is 4.12. The van der Waals surface area contributed by atoms with Gasteiger partial charge in [-0.2, -0.15) is 11.8 Å². The van der Waals surface area contributed by atoms with Gasteiger partial charge < -0.3 is 10.2 Å². The molecule has 2 rings (SSSR count). The molecule has 19 heavy (non-hydrogen) atoms. The van der Waals surface area contributed by atoms with Crippen molar-refractivity contribution in [2.75, 3.05) is 31.9 Å². The minimum atomic E-state index is 0.482. The van der Waals surface area contributed by atoms with Gasteiger partial charge in [-0.25, -0.2) is 0 Å². The quantitative estimate of drug-likeness (QED) is 0.834. The maximum atomic E-state index is 3.77. The molecule has 3 heteroatoms. The van der Waals surface area contributed by atoms with Crippen molar-refractivity contribution in [2.24, 2.45) is 11.3 Å². The van der Waals surface area contributed by atoms with E-state index in [-0.39, 0.29) is 0 Å². The van der Waals surface area contributed by atoms with Gasteiger partial charge in [0.05, 0.1) is 0 Å². The number of thioether (sulfide) groups is 1. The highest BCUT2D eigenvalue weighted by Gasteiger charge is 2.41. The molecule has 1 aliphatic heterocycles. The van der Waals surface area contributed by atoms with Crippen molar-refractivity contribution >= 4 is 11.8 Å². The normalized spacial score (nSPS) is 35.7. The van der Waals surface area contributed by atoms with Gasteiger partial charge in [-0.1, -0.05) is 27.7 Å². The summed E-state index contributed by atoms with van der Waals surface area (Å²) >= 11 is 2.18. The zero-order valence-corrected chi connectivity index (χ0v) is 14.1. The molecule has 0 spiro atoms. The molecule has 1 saturated carbocycles. The summed E-state index contributed by atoms with van der Waals surface area (Å²) in [5, 5.41) is 4.64. The molecule has 3 unspecified atom stereocenters. The lowest BCUT2D eigenvalue weighted by atomic mass is 9.84. The summed E-state index contributed by atoms with van der Waals surface area (Å²) in [6.45, 7) is 14.5. The topological polar surface area (TPSA) is 15.3 Å². The lowest BCUT2D eigenvalue weighted by molar-refractivity contribution is 0.187. The summed E-state index contributed by atoms with van der Waals surface area (Å²) in [5.74, 6) is 2.19. The highest BCUT2D eigenvalue weighted by atomic mass is 32.2. The van der Waals surface area contributed by atoms with Gasteiger partial charge in [-0.3, -0.25) is 0 Å². The number of nitrogens with zero attached hydrogens (tertiary/aromatic N) is 1. The molecule has 2 aliphatic rings. The van der Waals surface area contributed by atoms with Crippen LogP contribution in [0.1, 0.15) is 47.0 Å². The van der Waals surface area contributed by atoms with Gasteiger partial charge in [-0.15, -0.1) is 0 Å². The molecular weight excluding hydrogens is 252 g/mol. The fourth-order valence-electron chi connectivity index (χ4n) is 3.90. The van der Waals surface area contributed by atoms with E-state index in [0.717, 1.165) is 17.7 Å². The standard InChI is InChI=1S/C16H32N2S/c1-5-14-12-18(9-10-19-14)11-13-7-8-16(3,4)15(13)17-6-2/h13-15,17H,5-12H2,1-4H3. The molecular formula is C16H32N2S. The van der Waals surface area contributed by atoms with E-state index in [9.17, 15) is 0 Å². The molecule has 0 radical (unpaired) electrons. The highest BCUT2D eigenvalue weighted by molar-refractivity contribution is 8.00. The Bertz CT molecular complexity index is 280. The molecule has 0 amide bonds. The second-order valence-electron chi connectivity index (χ2n) is 6.98. The average Bonchev–Trinajstić information content (AvgIpc) is 2.67. The van der Waals surface area contributed by atoms with Gasteiger partial charge in [0, 0.05) is 36.7 Å². The van der Waals surface area contributed by atoms with Crippen LogP contribution in [0.4, 0.5) is 0 Å². The summed E-state index contributed by atoms with van der Waals surface area (Å²) in [6, 6.07) is 0.715.